The smallest absolute Gasteiger partial charge is 0.291 e. The van der Waals surface area contributed by atoms with Crippen molar-refractivity contribution >= 4 is 53.8 Å². The number of nitro benzene ring substituents is 1. The minimum Gasteiger partial charge on any atom is -0.374 e. The Bertz CT molecular complexity index is 775. The van der Waals surface area contributed by atoms with E-state index >= 15 is 0 Å². The topological polar surface area (TPSA) is 141 Å². The molecule has 0 radical (unpaired) electrons. The number of nitrogens with one attached hydrogen (secondary N) is 1. The molecule has 0 unspecified atom stereocenters. The van der Waals surface area contributed by atoms with Crippen molar-refractivity contribution in [2.45, 2.75) is 4.34 Å². The largest absolute Gasteiger partial charge is 0.374 e. The Morgan fingerprint density at radius 2 is 2.10 bits per heavy atom. The number of rotatable bonds is 4. The second kappa shape index (κ2) is 5.30. The molecule has 0 aliphatic rings. The number of hydrogen-bond donors (Lipinski definition) is 2. The van der Waals surface area contributed by atoms with Gasteiger partial charge < -0.3 is 5.73 Å². The van der Waals surface area contributed by atoms with Crippen LogP contribution in [0.1, 0.15) is 0 Å². The first kappa shape index (κ1) is 14.6. The highest BCUT2D eigenvalue weighted by molar-refractivity contribution is 9.10. The van der Waals surface area contributed by atoms with Crippen LogP contribution in [0.3, 0.4) is 0 Å². The molecule has 3 N–H and O–H groups in total. The Hall–Kier alpha value is -1.79. The number of halogens is 1. The van der Waals surface area contributed by atoms with Crippen LogP contribution in [0, 0.1) is 10.1 Å². The standard InChI is InChI=1S/C8H6BrN5O4S2/c9-5-2-1-4(14(15)16)3-6(5)13-20(17,18)8-12-11-7(10)19-8/h1-3,13H,(H2,10,11). The predicted molar refractivity (Wildman–Crippen MR) is 75.9 cm³/mol. The lowest BCUT2D eigenvalue weighted by Gasteiger charge is -2.06. The van der Waals surface area contributed by atoms with Crippen molar-refractivity contribution in [2.75, 3.05) is 10.5 Å². The molecule has 106 valence electrons. The average molecular weight is 380 g/mol. The van der Waals surface area contributed by atoms with Gasteiger partial charge in [0.2, 0.25) is 5.13 Å². The van der Waals surface area contributed by atoms with Crippen LogP contribution >= 0.6 is 27.3 Å². The Labute approximate surface area is 125 Å². The van der Waals surface area contributed by atoms with Crippen molar-refractivity contribution in [1.29, 1.82) is 0 Å². The number of aromatic nitrogens is 2. The van der Waals surface area contributed by atoms with E-state index in [4.69, 9.17) is 5.73 Å². The molecule has 0 fully saturated rings. The lowest BCUT2D eigenvalue weighted by Crippen LogP contribution is -2.13. The molecular weight excluding hydrogens is 374 g/mol. The fraction of sp³-hybridized carbons (Fsp3) is 0. The number of nitrogens with zero attached hydrogens (tertiary/aromatic N) is 3. The van der Waals surface area contributed by atoms with Crippen molar-refractivity contribution in [3.8, 4) is 0 Å². The zero-order chi connectivity index (χ0) is 14.9. The van der Waals surface area contributed by atoms with E-state index in [1.807, 2.05) is 0 Å². The number of nitrogen functional groups attached to an aromatic ring is 1. The Balaban J connectivity index is 2.39. The zero-order valence-corrected chi connectivity index (χ0v) is 12.7. The highest BCUT2D eigenvalue weighted by Crippen LogP contribution is 2.29. The van der Waals surface area contributed by atoms with Crippen LogP contribution in [0.15, 0.2) is 27.0 Å². The van der Waals surface area contributed by atoms with Gasteiger partial charge in [-0.15, -0.1) is 10.2 Å². The quantitative estimate of drug-likeness (QED) is 0.606. The maximum absolute atomic E-state index is 12.0. The SMILES string of the molecule is Nc1nnc(S(=O)(=O)Nc2cc([N+](=O)[O-])ccc2Br)s1. The Morgan fingerprint density at radius 1 is 1.40 bits per heavy atom. The molecule has 2 rings (SSSR count). The number of benzene rings is 1. The predicted octanol–water partition coefficient (Wildman–Crippen LogP) is 1.59. The van der Waals surface area contributed by atoms with Crippen molar-refractivity contribution < 1.29 is 13.3 Å². The fourth-order valence-electron chi connectivity index (χ4n) is 1.22. The molecule has 1 heterocycles. The van der Waals surface area contributed by atoms with E-state index < -0.39 is 14.9 Å². The van der Waals surface area contributed by atoms with Crippen LogP contribution in [-0.2, 0) is 10.0 Å². The zero-order valence-electron chi connectivity index (χ0n) is 9.48. The summed E-state index contributed by atoms with van der Waals surface area (Å²) in [6.07, 6.45) is 0. The molecule has 12 heteroatoms. The van der Waals surface area contributed by atoms with E-state index in [0.29, 0.717) is 15.8 Å². The summed E-state index contributed by atoms with van der Waals surface area (Å²) in [6, 6.07) is 3.70. The van der Waals surface area contributed by atoms with Crippen LogP contribution in [0.2, 0.25) is 0 Å². The summed E-state index contributed by atoms with van der Waals surface area (Å²) in [4.78, 5) is 10.0. The Morgan fingerprint density at radius 3 is 2.65 bits per heavy atom. The monoisotopic (exact) mass is 379 g/mol. The molecule has 0 saturated carbocycles. The maximum atomic E-state index is 12.0. The highest BCUT2D eigenvalue weighted by Gasteiger charge is 2.22. The normalized spacial score (nSPS) is 11.2. The van der Waals surface area contributed by atoms with Gasteiger partial charge in [0.15, 0.2) is 0 Å². The third-order valence-electron chi connectivity index (χ3n) is 2.06. The van der Waals surface area contributed by atoms with Crippen molar-refractivity contribution in [3.05, 3.63) is 32.8 Å². The Kier molecular flexibility index (Phi) is 3.87. The van der Waals surface area contributed by atoms with E-state index in [0.717, 1.165) is 6.07 Å². The van der Waals surface area contributed by atoms with Crippen LogP contribution in [0.5, 0.6) is 0 Å². The summed E-state index contributed by atoms with van der Waals surface area (Å²) in [6.45, 7) is 0. The molecule has 2 aromatic rings. The third-order valence-corrected chi connectivity index (χ3v) is 5.23. The molecule has 0 amide bonds. The lowest BCUT2D eigenvalue weighted by molar-refractivity contribution is -0.384. The van der Waals surface area contributed by atoms with Crippen LogP contribution in [0.25, 0.3) is 0 Å². The van der Waals surface area contributed by atoms with E-state index in [-0.39, 0.29) is 20.8 Å². The first-order valence-corrected chi connectivity index (χ1v) is 7.94. The number of sulfonamides is 1. The van der Waals surface area contributed by atoms with Gasteiger partial charge in [-0.3, -0.25) is 14.8 Å². The summed E-state index contributed by atoms with van der Waals surface area (Å²) >= 11 is 3.79. The molecule has 0 saturated heterocycles. The first-order valence-electron chi connectivity index (χ1n) is 4.85. The number of nitro groups is 1. The number of anilines is 2. The van der Waals surface area contributed by atoms with Crippen LogP contribution in [0.4, 0.5) is 16.5 Å². The minimum absolute atomic E-state index is 0.00322. The lowest BCUT2D eigenvalue weighted by atomic mass is 10.3. The molecule has 1 aromatic carbocycles. The molecule has 0 bridgehead atoms. The summed E-state index contributed by atoms with van der Waals surface area (Å²) in [7, 11) is -4.00. The van der Waals surface area contributed by atoms with Crippen LogP contribution in [-0.4, -0.2) is 23.5 Å². The first-order chi connectivity index (χ1) is 9.29. The third kappa shape index (κ3) is 3.02. The van der Waals surface area contributed by atoms with E-state index in [9.17, 15) is 18.5 Å². The van der Waals surface area contributed by atoms with Crippen molar-refractivity contribution in [3.63, 3.8) is 0 Å². The molecule has 1 aromatic heterocycles. The fourth-order valence-corrected chi connectivity index (χ4v) is 3.56. The van der Waals surface area contributed by atoms with E-state index in [1.165, 1.54) is 12.1 Å². The second-order valence-corrected chi connectivity index (χ2v) is 7.15. The molecule has 0 aliphatic carbocycles. The van der Waals surface area contributed by atoms with E-state index in [2.05, 4.69) is 30.8 Å². The van der Waals surface area contributed by atoms with Crippen molar-refractivity contribution in [2.24, 2.45) is 0 Å². The summed E-state index contributed by atoms with van der Waals surface area (Å²) in [5.74, 6) is 0. The molecule has 0 aliphatic heterocycles. The van der Waals surface area contributed by atoms with Crippen LogP contribution < -0.4 is 10.5 Å². The molecule has 9 nitrogen and oxygen atoms in total. The van der Waals surface area contributed by atoms with E-state index in [1.54, 1.807) is 0 Å². The van der Waals surface area contributed by atoms with Gasteiger partial charge in [-0.2, -0.15) is 8.42 Å². The summed E-state index contributed by atoms with van der Waals surface area (Å²) < 4.78 is 26.2. The van der Waals surface area contributed by atoms with Gasteiger partial charge in [-0.05, 0) is 22.0 Å². The molecule has 0 atom stereocenters. The van der Waals surface area contributed by atoms with Gasteiger partial charge in [0.1, 0.15) is 0 Å². The number of hydrogen-bond acceptors (Lipinski definition) is 8. The molecular formula is C8H6BrN5O4S2. The van der Waals surface area contributed by atoms with Gasteiger partial charge in [0.05, 0.1) is 10.6 Å². The van der Waals surface area contributed by atoms with Gasteiger partial charge in [0, 0.05) is 16.6 Å². The van der Waals surface area contributed by atoms with Gasteiger partial charge in [-0.25, -0.2) is 0 Å². The van der Waals surface area contributed by atoms with Gasteiger partial charge in [0.25, 0.3) is 20.1 Å². The second-order valence-electron chi connectivity index (χ2n) is 3.43. The molecule has 20 heavy (non-hydrogen) atoms. The minimum atomic E-state index is -4.00. The highest BCUT2D eigenvalue weighted by atomic mass is 79.9. The van der Waals surface area contributed by atoms with Gasteiger partial charge in [-0.1, -0.05) is 11.3 Å². The average Bonchev–Trinajstić information content (AvgIpc) is 2.79. The number of nitrogens with two attached hydrogens (primary N) is 1. The number of non-ortho nitro benzene ring substituents is 1. The molecule has 0 spiro atoms. The summed E-state index contributed by atoms with van der Waals surface area (Å²) in [5, 5.41) is 17.5. The maximum Gasteiger partial charge on any atom is 0.291 e. The van der Waals surface area contributed by atoms with Crippen molar-refractivity contribution in [1.82, 2.24) is 10.2 Å². The van der Waals surface area contributed by atoms with Gasteiger partial charge >= 0.3 is 0 Å². The summed E-state index contributed by atoms with van der Waals surface area (Å²) in [5.41, 5.74) is 5.09.